The molecule has 1 atom stereocenters. The number of aromatic nitrogens is 3. The van der Waals surface area contributed by atoms with Crippen molar-refractivity contribution in [3.05, 3.63) is 57.6 Å². The third-order valence-corrected chi connectivity index (χ3v) is 5.19. The number of amides is 1. The Kier molecular flexibility index (Phi) is 6.35. The third-order valence-electron chi connectivity index (χ3n) is 3.90. The molecule has 0 aliphatic rings. The minimum Gasteiger partial charge on any atom is -0.497 e. The van der Waals surface area contributed by atoms with Crippen molar-refractivity contribution in [1.29, 1.82) is 0 Å². The number of halogens is 1. The van der Waals surface area contributed by atoms with E-state index in [4.69, 9.17) is 16.3 Å². The number of anilines is 1. The van der Waals surface area contributed by atoms with Crippen LogP contribution in [-0.4, -0.2) is 38.4 Å². The van der Waals surface area contributed by atoms with Crippen LogP contribution in [-0.2, 0) is 4.79 Å². The van der Waals surface area contributed by atoms with E-state index in [1.807, 2.05) is 24.3 Å². The maximum atomic E-state index is 12.5. The van der Waals surface area contributed by atoms with Crippen molar-refractivity contribution in [1.82, 2.24) is 15.2 Å². The predicted octanol–water partition coefficient (Wildman–Crippen LogP) is 4.16. The number of nitro groups is 1. The van der Waals surface area contributed by atoms with Gasteiger partial charge in [0.05, 0.1) is 28.0 Å². The van der Waals surface area contributed by atoms with Crippen molar-refractivity contribution in [3.63, 3.8) is 0 Å². The molecule has 0 saturated carbocycles. The smallest absolute Gasteiger partial charge is 0.271 e. The van der Waals surface area contributed by atoms with E-state index in [1.54, 1.807) is 14.0 Å². The van der Waals surface area contributed by atoms with Gasteiger partial charge in [0, 0.05) is 17.7 Å². The Morgan fingerprint density at radius 2 is 2.03 bits per heavy atom. The standard InChI is InChI=1S/C18H16ClN5O4S/c1-10(17(25)20-15-9-12(24(26)27)5-8-14(15)19)29-18-21-16(22-23-18)11-3-6-13(28-2)7-4-11/h3-10H,1-2H3,(H,20,25)(H,21,22,23)/t10-/m1/s1. The third kappa shape index (κ3) is 5.04. The van der Waals surface area contributed by atoms with Crippen LogP contribution in [0.5, 0.6) is 5.75 Å². The molecule has 2 N–H and O–H groups in total. The second-order valence-electron chi connectivity index (χ2n) is 5.87. The number of H-pyrrole nitrogens is 1. The van der Waals surface area contributed by atoms with Gasteiger partial charge in [-0.05, 0) is 37.3 Å². The normalized spacial score (nSPS) is 11.7. The van der Waals surface area contributed by atoms with Crippen molar-refractivity contribution in [3.8, 4) is 17.1 Å². The molecule has 2 aromatic carbocycles. The SMILES string of the molecule is COc1ccc(-c2nc(S[C@H](C)C(=O)Nc3cc([N+](=O)[O-])ccc3Cl)n[nH]2)cc1. The molecule has 0 spiro atoms. The number of hydrogen-bond donors (Lipinski definition) is 2. The molecule has 0 aliphatic heterocycles. The summed E-state index contributed by atoms with van der Waals surface area (Å²) >= 11 is 7.16. The number of aromatic amines is 1. The largest absolute Gasteiger partial charge is 0.497 e. The van der Waals surface area contributed by atoms with Gasteiger partial charge >= 0.3 is 0 Å². The van der Waals surface area contributed by atoms with Gasteiger partial charge in [-0.2, -0.15) is 0 Å². The van der Waals surface area contributed by atoms with Crippen LogP contribution in [0.25, 0.3) is 11.4 Å². The van der Waals surface area contributed by atoms with Crippen molar-refractivity contribution in [2.75, 3.05) is 12.4 Å². The number of non-ortho nitro benzene ring substituents is 1. The first-order chi connectivity index (χ1) is 13.9. The molecular weight excluding hydrogens is 418 g/mol. The minimum absolute atomic E-state index is 0.164. The summed E-state index contributed by atoms with van der Waals surface area (Å²) in [5, 5.41) is 20.5. The molecule has 150 valence electrons. The fourth-order valence-electron chi connectivity index (χ4n) is 2.35. The quantitative estimate of drug-likeness (QED) is 0.325. The molecule has 1 aromatic heterocycles. The topological polar surface area (TPSA) is 123 Å². The molecule has 0 unspecified atom stereocenters. The summed E-state index contributed by atoms with van der Waals surface area (Å²) in [5.74, 6) is 0.908. The lowest BCUT2D eigenvalue weighted by Crippen LogP contribution is -2.22. The van der Waals surface area contributed by atoms with Crippen LogP contribution >= 0.6 is 23.4 Å². The summed E-state index contributed by atoms with van der Waals surface area (Å²) in [6, 6.07) is 11.1. The van der Waals surface area contributed by atoms with Gasteiger partial charge < -0.3 is 10.1 Å². The zero-order valence-corrected chi connectivity index (χ0v) is 17.0. The molecule has 1 amide bonds. The Hall–Kier alpha value is -3.11. The molecule has 9 nitrogen and oxygen atoms in total. The van der Waals surface area contributed by atoms with Crippen LogP contribution in [0.4, 0.5) is 11.4 Å². The number of nitro benzene ring substituents is 1. The Morgan fingerprint density at radius 3 is 2.69 bits per heavy atom. The monoisotopic (exact) mass is 433 g/mol. The highest BCUT2D eigenvalue weighted by Crippen LogP contribution is 2.29. The second-order valence-corrected chi connectivity index (χ2v) is 7.58. The highest BCUT2D eigenvalue weighted by molar-refractivity contribution is 8.00. The van der Waals surface area contributed by atoms with Crippen molar-refractivity contribution in [2.45, 2.75) is 17.3 Å². The Labute approximate surface area is 175 Å². The highest BCUT2D eigenvalue weighted by Gasteiger charge is 2.20. The maximum Gasteiger partial charge on any atom is 0.271 e. The number of ether oxygens (including phenoxy) is 1. The number of hydrogen-bond acceptors (Lipinski definition) is 7. The number of carbonyl (C=O) groups is 1. The number of nitrogens with zero attached hydrogens (tertiary/aromatic N) is 3. The Bertz CT molecular complexity index is 1040. The lowest BCUT2D eigenvalue weighted by molar-refractivity contribution is -0.384. The van der Waals surface area contributed by atoms with Crippen molar-refractivity contribution >= 4 is 40.6 Å². The fourth-order valence-corrected chi connectivity index (χ4v) is 3.24. The van der Waals surface area contributed by atoms with E-state index < -0.39 is 10.2 Å². The molecular formula is C18H16ClN5O4S. The lowest BCUT2D eigenvalue weighted by Gasteiger charge is -2.11. The van der Waals surface area contributed by atoms with E-state index in [9.17, 15) is 14.9 Å². The van der Waals surface area contributed by atoms with Crippen molar-refractivity contribution in [2.24, 2.45) is 0 Å². The summed E-state index contributed by atoms with van der Waals surface area (Å²) in [7, 11) is 1.59. The number of rotatable bonds is 7. The van der Waals surface area contributed by atoms with Crippen LogP contribution in [0.1, 0.15) is 6.92 Å². The maximum absolute atomic E-state index is 12.5. The zero-order valence-electron chi connectivity index (χ0n) is 15.4. The molecule has 11 heteroatoms. The van der Waals surface area contributed by atoms with Gasteiger partial charge in [-0.1, -0.05) is 23.4 Å². The molecule has 3 rings (SSSR count). The molecule has 1 heterocycles. The van der Waals surface area contributed by atoms with Gasteiger partial charge in [0.15, 0.2) is 5.82 Å². The Morgan fingerprint density at radius 1 is 1.31 bits per heavy atom. The second kappa shape index (κ2) is 8.93. The average molecular weight is 434 g/mol. The number of benzene rings is 2. The summed E-state index contributed by atoms with van der Waals surface area (Å²) in [4.78, 5) is 27.2. The molecule has 0 aliphatic carbocycles. The van der Waals surface area contributed by atoms with Crippen LogP contribution in [0.15, 0.2) is 47.6 Å². The van der Waals surface area contributed by atoms with Crippen LogP contribution < -0.4 is 10.1 Å². The highest BCUT2D eigenvalue weighted by atomic mass is 35.5. The van der Waals surface area contributed by atoms with Crippen LogP contribution in [0.3, 0.4) is 0 Å². The average Bonchev–Trinajstić information content (AvgIpc) is 3.17. The van der Waals surface area contributed by atoms with E-state index in [0.29, 0.717) is 11.0 Å². The summed E-state index contributed by atoms with van der Waals surface area (Å²) in [5.41, 5.74) is 0.834. The first kappa shape index (κ1) is 20.6. The van der Waals surface area contributed by atoms with E-state index >= 15 is 0 Å². The van der Waals surface area contributed by atoms with Gasteiger partial charge in [0.2, 0.25) is 11.1 Å². The molecule has 0 fully saturated rings. The molecule has 0 radical (unpaired) electrons. The number of thioether (sulfide) groups is 1. The van der Waals surface area contributed by atoms with E-state index in [1.165, 1.54) is 18.2 Å². The van der Waals surface area contributed by atoms with Crippen molar-refractivity contribution < 1.29 is 14.5 Å². The number of methoxy groups -OCH3 is 1. The van der Waals surface area contributed by atoms with E-state index in [-0.39, 0.29) is 22.3 Å². The molecule has 0 bridgehead atoms. The van der Waals surface area contributed by atoms with Gasteiger partial charge in [-0.25, -0.2) is 4.98 Å². The van der Waals surface area contributed by atoms with Crippen LogP contribution in [0, 0.1) is 10.1 Å². The van der Waals surface area contributed by atoms with Gasteiger partial charge in [-0.3, -0.25) is 20.0 Å². The summed E-state index contributed by atoms with van der Waals surface area (Å²) in [6.07, 6.45) is 0. The lowest BCUT2D eigenvalue weighted by atomic mass is 10.2. The number of carbonyl (C=O) groups excluding carboxylic acids is 1. The van der Waals surface area contributed by atoms with E-state index in [2.05, 4.69) is 20.5 Å². The van der Waals surface area contributed by atoms with Crippen LogP contribution in [0.2, 0.25) is 5.02 Å². The Balaban J connectivity index is 1.66. The van der Waals surface area contributed by atoms with Gasteiger partial charge in [0.1, 0.15) is 5.75 Å². The molecule has 29 heavy (non-hydrogen) atoms. The summed E-state index contributed by atoms with van der Waals surface area (Å²) in [6.45, 7) is 1.68. The van der Waals surface area contributed by atoms with Gasteiger partial charge in [0.25, 0.3) is 5.69 Å². The molecule has 3 aromatic rings. The first-order valence-corrected chi connectivity index (χ1v) is 9.61. The molecule has 0 saturated heterocycles. The van der Waals surface area contributed by atoms with Gasteiger partial charge in [-0.15, -0.1) is 5.10 Å². The van der Waals surface area contributed by atoms with E-state index in [0.717, 1.165) is 23.1 Å². The predicted molar refractivity (Wildman–Crippen MR) is 110 cm³/mol. The number of nitrogens with one attached hydrogen (secondary N) is 2. The summed E-state index contributed by atoms with van der Waals surface area (Å²) < 4.78 is 5.13. The first-order valence-electron chi connectivity index (χ1n) is 8.35. The minimum atomic E-state index is -0.565. The zero-order chi connectivity index (χ0) is 21.0. The fraction of sp³-hybridized carbons (Fsp3) is 0.167.